The zero-order chi connectivity index (χ0) is 34.1. The van der Waals surface area contributed by atoms with E-state index in [0.29, 0.717) is 38.0 Å². The number of hydrogen-bond donors (Lipinski definition) is 5. The fourth-order valence-corrected chi connectivity index (χ4v) is 7.86. The van der Waals surface area contributed by atoms with E-state index in [1.54, 1.807) is 11.3 Å². The molecule has 2 aliphatic rings. The minimum Gasteiger partial charge on any atom is -0.481 e. The van der Waals surface area contributed by atoms with Crippen molar-refractivity contribution in [3.63, 3.8) is 0 Å². The average molecular weight is 668 g/mol. The molecule has 2 heterocycles. The average Bonchev–Trinajstić information content (AvgIpc) is 3.34. The summed E-state index contributed by atoms with van der Waals surface area (Å²) in [5.41, 5.74) is -3.21. The summed E-state index contributed by atoms with van der Waals surface area (Å²) in [6.07, 6.45) is -4.11. The molecule has 46 heavy (non-hydrogen) atoms. The molecule has 3 aromatic rings. The molecule has 1 spiro atoms. The van der Waals surface area contributed by atoms with Crippen molar-refractivity contribution in [2.75, 3.05) is 27.2 Å². The fraction of sp³-hybridized carbons (Fsp3) is 0.469. The Labute approximate surface area is 266 Å². The van der Waals surface area contributed by atoms with E-state index in [1.165, 1.54) is 32.7 Å². The van der Waals surface area contributed by atoms with Crippen molar-refractivity contribution in [2.45, 2.75) is 61.5 Å². The Morgan fingerprint density at radius 3 is 2.13 bits per heavy atom. The topological polar surface area (TPSA) is 165 Å². The van der Waals surface area contributed by atoms with Gasteiger partial charge in [-0.05, 0) is 74.5 Å². The third kappa shape index (κ3) is 7.36. The Morgan fingerprint density at radius 2 is 1.59 bits per heavy atom. The fourth-order valence-electron chi connectivity index (χ4n) is 6.43. The number of aliphatic hydroxyl groups is 2. The number of benzene rings is 2. The predicted octanol–water partition coefficient (Wildman–Crippen LogP) is 4.69. The molecule has 5 rings (SSSR count). The Bertz CT molecular complexity index is 1570. The molecule has 2 aromatic carbocycles. The summed E-state index contributed by atoms with van der Waals surface area (Å²) < 4.78 is 47.0. The second-order valence-electron chi connectivity index (χ2n) is 12.1. The van der Waals surface area contributed by atoms with Gasteiger partial charge in [0.1, 0.15) is 5.60 Å². The van der Waals surface area contributed by atoms with Crippen LogP contribution >= 0.6 is 11.3 Å². The highest BCUT2D eigenvalue weighted by Gasteiger charge is 2.53. The number of halogens is 3. The molecule has 0 amide bonds. The first-order chi connectivity index (χ1) is 21.4. The van der Waals surface area contributed by atoms with Gasteiger partial charge in [-0.25, -0.2) is 4.79 Å². The van der Waals surface area contributed by atoms with Crippen LogP contribution in [0.1, 0.15) is 53.7 Å². The van der Waals surface area contributed by atoms with Gasteiger partial charge in [-0.2, -0.15) is 13.2 Å². The minimum absolute atomic E-state index is 0.186. The normalized spacial score (nSPS) is 23.1. The first kappa shape index (κ1) is 35.3. The number of fused-ring (bicyclic) bond motifs is 4. The molecule has 1 saturated carbocycles. The van der Waals surface area contributed by atoms with Gasteiger partial charge in [-0.15, -0.1) is 11.3 Å². The molecular formula is C32H36F3NO9S. The molecule has 1 aliphatic heterocycles. The van der Waals surface area contributed by atoms with Gasteiger partial charge in [-0.1, -0.05) is 30.3 Å². The summed E-state index contributed by atoms with van der Waals surface area (Å²) >= 11 is 1.78. The van der Waals surface area contributed by atoms with Crippen molar-refractivity contribution in [3.8, 4) is 0 Å². The number of thiophene rings is 1. The third-order valence-corrected chi connectivity index (χ3v) is 9.99. The molecule has 10 nitrogen and oxygen atoms in total. The zero-order valence-electron chi connectivity index (χ0n) is 25.2. The Balaban J connectivity index is 0.000000315. The molecule has 250 valence electrons. The van der Waals surface area contributed by atoms with Crippen molar-refractivity contribution < 1.29 is 57.8 Å². The standard InChI is InChI=1S/C26H28F3NO2S.C6H8O7/c1-30(2)16-19-15-24(23-21(11-14-32-24)20-5-3-4-6-22(20)33-23)12-13-25(19,31)17-7-9-18(10-8-17)26(27,28)29;7-3(8)1-6(13,5(11)12)2-4(9)10/h3-10,19,31H,11-16H2,1-2H3;13H,1-2H2,(H,7,8)(H,9,10)(H,11,12). The van der Waals surface area contributed by atoms with E-state index in [1.807, 2.05) is 19.0 Å². The van der Waals surface area contributed by atoms with Crippen LogP contribution in [-0.4, -0.2) is 81.2 Å². The maximum Gasteiger partial charge on any atom is 0.416 e. The van der Waals surface area contributed by atoms with E-state index >= 15 is 0 Å². The van der Waals surface area contributed by atoms with E-state index < -0.39 is 59.3 Å². The van der Waals surface area contributed by atoms with Crippen LogP contribution in [0.2, 0.25) is 0 Å². The number of rotatable bonds is 8. The second-order valence-corrected chi connectivity index (χ2v) is 13.2. The number of nitrogens with zero attached hydrogens (tertiary/aromatic N) is 1. The van der Waals surface area contributed by atoms with Gasteiger partial charge < -0.3 is 35.2 Å². The van der Waals surface area contributed by atoms with Crippen LogP contribution in [0.25, 0.3) is 10.1 Å². The van der Waals surface area contributed by atoms with Gasteiger partial charge >= 0.3 is 24.1 Å². The summed E-state index contributed by atoms with van der Waals surface area (Å²) in [4.78, 5) is 33.8. The van der Waals surface area contributed by atoms with E-state index in [9.17, 15) is 32.7 Å². The van der Waals surface area contributed by atoms with Crippen molar-refractivity contribution in [3.05, 3.63) is 70.1 Å². The van der Waals surface area contributed by atoms with Gasteiger partial charge in [0.15, 0.2) is 5.60 Å². The molecule has 14 heteroatoms. The molecule has 1 fully saturated rings. The smallest absolute Gasteiger partial charge is 0.416 e. The Hall–Kier alpha value is -3.56. The molecule has 5 N–H and O–H groups in total. The number of hydrogen-bond acceptors (Lipinski definition) is 8. The quantitative estimate of drug-likeness (QED) is 0.228. The minimum atomic E-state index is -4.39. The van der Waals surface area contributed by atoms with Gasteiger partial charge in [0.2, 0.25) is 0 Å². The largest absolute Gasteiger partial charge is 0.481 e. The van der Waals surface area contributed by atoms with Crippen LogP contribution < -0.4 is 0 Å². The Kier molecular flexibility index (Phi) is 10.2. The van der Waals surface area contributed by atoms with Gasteiger partial charge in [-0.3, -0.25) is 9.59 Å². The van der Waals surface area contributed by atoms with Crippen LogP contribution in [0.4, 0.5) is 13.2 Å². The lowest BCUT2D eigenvalue weighted by atomic mass is 9.64. The monoisotopic (exact) mass is 667 g/mol. The molecular weight excluding hydrogens is 631 g/mol. The SMILES string of the molecule is CN(C)CC1CC2(CCC1(O)c1ccc(C(F)(F)F)cc1)OCCc1c2sc2ccccc12.O=C(O)CC(O)(CC(=O)O)C(=O)O. The van der Waals surface area contributed by atoms with E-state index in [2.05, 4.69) is 24.3 Å². The van der Waals surface area contributed by atoms with Gasteiger partial charge in [0.25, 0.3) is 0 Å². The summed E-state index contributed by atoms with van der Waals surface area (Å²) in [6, 6.07) is 13.5. The molecule has 3 unspecified atom stereocenters. The summed E-state index contributed by atoms with van der Waals surface area (Å²) in [6.45, 7) is 1.25. The van der Waals surface area contributed by atoms with E-state index in [0.717, 1.165) is 18.6 Å². The highest BCUT2D eigenvalue weighted by Crippen LogP contribution is 2.56. The molecule has 0 bridgehead atoms. The lowest BCUT2D eigenvalue weighted by Gasteiger charge is -2.51. The lowest BCUT2D eigenvalue weighted by molar-refractivity contribution is -0.170. The van der Waals surface area contributed by atoms with Crippen LogP contribution in [0, 0.1) is 5.92 Å². The van der Waals surface area contributed by atoms with E-state index in [-0.39, 0.29) is 5.92 Å². The second kappa shape index (κ2) is 13.3. The van der Waals surface area contributed by atoms with Crippen molar-refractivity contribution in [2.24, 2.45) is 5.92 Å². The van der Waals surface area contributed by atoms with Gasteiger partial charge in [0.05, 0.1) is 30.6 Å². The summed E-state index contributed by atoms with van der Waals surface area (Å²) in [7, 11) is 3.92. The van der Waals surface area contributed by atoms with Crippen LogP contribution in [-0.2, 0) is 42.9 Å². The van der Waals surface area contributed by atoms with Crippen molar-refractivity contribution >= 4 is 39.3 Å². The van der Waals surface area contributed by atoms with Gasteiger partial charge in [0, 0.05) is 22.0 Å². The molecule has 1 aliphatic carbocycles. The molecule has 0 saturated heterocycles. The number of carboxylic acid groups (broad SMARTS) is 3. The summed E-state index contributed by atoms with van der Waals surface area (Å²) in [5.74, 6) is -5.20. The number of alkyl halides is 3. The number of ether oxygens (including phenoxy) is 1. The highest BCUT2D eigenvalue weighted by molar-refractivity contribution is 7.19. The predicted molar refractivity (Wildman–Crippen MR) is 161 cm³/mol. The molecule has 3 atom stereocenters. The third-order valence-electron chi connectivity index (χ3n) is 8.59. The first-order valence-electron chi connectivity index (χ1n) is 14.5. The zero-order valence-corrected chi connectivity index (χ0v) is 26.0. The molecule has 0 radical (unpaired) electrons. The van der Waals surface area contributed by atoms with Crippen LogP contribution in [0.3, 0.4) is 0 Å². The number of carbonyl (C=O) groups is 3. The van der Waals surface area contributed by atoms with E-state index in [4.69, 9.17) is 25.2 Å². The highest BCUT2D eigenvalue weighted by atomic mass is 32.1. The first-order valence-corrected chi connectivity index (χ1v) is 15.3. The maximum absolute atomic E-state index is 13.1. The van der Waals surface area contributed by atoms with Crippen LogP contribution in [0.5, 0.6) is 0 Å². The van der Waals surface area contributed by atoms with Crippen molar-refractivity contribution in [1.82, 2.24) is 4.90 Å². The Morgan fingerprint density at radius 1 is 0.978 bits per heavy atom. The maximum atomic E-state index is 13.1. The van der Waals surface area contributed by atoms with Crippen molar-refractivity contribution in [1.29, 1.82) is 0 Å². The number of aliphatic carboxylic acids is 3. The van der Waals surface area contributed by atoms with Crippen LogP contribution in [0.15, 0.2) is 48.5 Å². The summed E-state index contributed by atoms with van der Waals surface area (Å²) in [5, 5.41) is 47.0. The number of carboxylic acids is 3. The molecule has 1 aromatic heterocycles. The lowest BCUT2D eigenvalue weighted by Crippen LogP contribution is -2.51.